The lowest BCUT2D eigenvalue weighted by Gasteiger charge is -2.08. The fourth-order valence-electron chi connectivity index (χ4n) is 0.911. The molecule has 0 aromatic carbocycles. The van der Waals surface area contributed by atoms with Crippen LogP contribution in [0.2, 0.25) is 0 Å². The molecule has 0 aliphatic rings. The summed E-state index contributed by atoms with van der Waals surface area (Å²) in [5, 5.41) is 17.7. The second kappa shape index (κ2) is 8.06. The van der Waals surface area contributed by atoms with Crippen LogP contribution in [0.4, 0.5) is 0 Å². The van der Waals surface area contributed by atoms with Crippen molar-refractivity contribution in [3.05, 3.63) is 0 Å². The van der Waals surface area contributed by atoms with Gasteiger partial charge >= 0.3 is 11.9 Å². The Kier molecular flexibility index (Phi) is 7.49. The van der Waals surface area contributed by atoms with Gasteiger partial charge in [-0.15, -0.1) is 0 Å². The number of aliphatic hydroxyl groups is 2. The monoisotopic (exact) mass is 234 g/mol. The van der Waals surface area contributed by atoms with E-state index in [2.05, 4.69) is 9.47 Å². The van der Waals surface area contributed by atoms with Crippen LogP contribution < -0.4 is 0 Å². The van der Waals surface area contributed by atoms with E-state index in [0.29, 0.717) is 0 Å². The highest BCUT2D eigenvalue weighted by Gasteiger charge is 2.09. The first kappa shape index (κ1) is 14.9. The standard InChI is InChI=1S/C10H18O6/c1-7(11)5-9(13)15-3-4-16-10(14)6-8(2)12/h7-8,11-12H,3-6H2,1-2H3/t7-,8-/m0/s1. The highest BCUT2D eigenvalue weighted by Crippen LogP contribution is 1.95. The van der Waals surface area contributed by atoms with Gasteiger partial charge in [0.15, 0.2) is 0 Å². The Morgan fingerprint density at radius 1 is 0.938 bits per heavy atom. The van der Waals surface area contributed by atoms with Crippen LogP contribution in [0.1, 0.15) is 26.7 Å². The van der Waals surface area contributed by atoms with Crippen LogP contribution in [0.3, 0.4) is 0 Å². The Morgan fingerprint density at radius 2 is 1.25 bits per heavy atom. The van der Waals surface area contributed by atoms with Crippen LogP contribution in [-0.4, -0.2) is 47.6 Å². The molecule has 0 amide bonds. The second-order valence-corrected chi connectivity index (χ2v) is 3.55. The van der Waals surface area contributed by atoms with E-state index < -0.39 is 24.1 Å². The molecule has 0 heterocycles. The predicted molar refractivity (Wildman–Crippen MR) is 54.5 cm³/mol. The minimum Gasteiger partial charge on any atom is -0.462 e. The number of carbonyl (C=O) groups is 2. The number of ether oxygens (including phenoxy) is 2. The van der Waals surface area contributed by atoms with Crippen molar-refractivity contribution >= 4 is 11.9 Å². The number of rotatable bonds is 7. The molecule has 0 rings (SSSR count). The normalized spacial score (nSPS) is 14.0. The molecule has 16 heavy (non-hydrogen) atoms. The third-order valence-electron chi connectivity index (χ3n) is 1.53. The number of aliphatic hydroxyl groups excluding tert-OH is 2. The minimum absolute atomic E-state index is 0.0445. The summed E-state index contributed by atoms with van der Waals surface area (Å²) in [6.07, 6.45) is -1.65. The SMILES string of the molecule is C[C@H](O)CC(=O)OCCOC(=O)C[C@H](C)O. The van der Waals surface area contributed by atoms with Crippen LogP contribution in [0.5, 0.6) is 0 Å². The Balaban J connectivity index is 3.46. The number of esters is 2. The lowest BCUT2D eigenvalue weighted by molar-refractivity contribution is -0.154. The Labute approximate surface area is 94.2 Å². The third kappa shape index (κ3) is 9.42. The maximum absolute atomic E-state index is 10.9. The molecule has 0 aliphatic heterocycles. The molecule has 0 spiro atoms. The maximum atomic E-state index is 10.9. The fourth-order valence-corrected chi connectivity index (χ4v) is 0.911. The first-order valence-corrected chi connectivity index (χ1v) is 5.09. The zero-order valence-corrected chi connectivity index (χ0v) is 9.51. The van der Waals surface area contributed by atoms with Gasteiger partial charge in [-0.3, -0.25) is 9.59 Å². The number of hydrogen-bond donors (Lipinski definition) is 2. The Hall–Kier alpha value is -1.14. The second-order valence-electron chi connectivity index (χ2n) is 3.55. The van der Waals surface area contributed by atoms with E-state index in [1.54, 1.807) is 0 Å². The van der Waals surface area contributed by atoms with Crippen LogP contribution in [0, 0.1) is 0 Å². The molecule has 0 fully saturated rings. The largest absolute Gasteiger partial charge is 0.462 e. The lowest BCUT2D eigenvalue weighted by Crippen LogP contribution is -2.18. The molecular formula is C10H18O6. The van der Waals surface area contributed by atoms with Gasteiger partial charge in [-0.25, -0.2) is 0 Å². The summed E-state index contributed by atoms with van der Waals surface area (Å²) in [5.74, 6) is -1.08. The van der Waals surface area contributed by atoms with Crippen molar-refractivity contribution in [2.45, 2.75) is 38.9 Å². The summed E-state index contributed by atoms with van der Waals surface area (Å²) >= 11 is 0. The molecule has 0 bridgehead atoms. The van der Waals surface area contributed by atoms with E-state index in [0.717, 1.165) is 0 Å². The molecule has 2 N–H and O–H groups in total. The van der Waals surface area contributed by atoms with Gasteiger partial charge < -0.3 is 19.7 Å². The van der Waals surface area contributed by atoms with Gasteiger partial charge in [0, 0.05) is 0 Å². The van der Waals surface area contributed by atoms with Crippen molar-refractivity contribution in [1.82, 2.24) is 0 Å². The zero-order chi connectivity index (χ0) is 12.6. The Morgan fingerprint density at radius 3 is 1.50 bits per heavy atom. The van der Waals surface area contributed by atoms with Gasteiger partial charge in [0.1, 0.15) is 13.2 Å². The smallest absolute Gasteiger partial charge is 0.308 e. The lowest BCUT2D eigenvalue weighted by atomic mass is 10.3. The molecule has 0 saturated carbocycles. The highest BCUT2D eigenvalue weighted by atomic mass is 16.6. The van der Waals surface area contributed by atoms with Crippen molar-refractivity contribution in [3.63, 3.8) is 0 Å². The third-order valence-corrected chi connectivity index (χ3v) is 1.53. The average Bonchev–Trinajstić information content (AvgIpc) is 2.10. The van der Waals surface area contributed by atoms with E-state index in [1.807, 2.05) is 0 Å². The van der Waals surface area contributed by atoms with Gasteiger partial charge in [-0.05, 0) is 13.8 Å². The van der Waals surface area contributed by atoms with Crippen LogP contribution in [-0.2, 0) is 19.1 Å². The topological polar surface area (TPSA) is 93.1 Å². The van der Waals surface area contributed by atoms with Crippen molar-refractivity contribution < 1.29 is 29.3 Å². The van der Waals surface area contributed by atoms with E-state index in [-0.39, 0.29) is 26.1 Å². The summed E-state index contributed by atoms with van der Waals surface area (Å²) in [7, 11) is 0. The van der Waals surface area contributed by atoms with Gasteiger partial charge in [0.05, 0.1) is 25.0 Å². The van der Waals surface area contributed by atoms with Gasteiger partial charge in [-0.1, -0.05) is 0 Å². The molecule has 0 unspecified atom stereocenters. The van der Waals surface area contributed by atoms with Gasteiger partial charge in [0.2, 0.25) is 0 Å². The van der Waals surface area contributed by atoms with Crippen LogP contribution in [0.25, 0.3) is 0 Å². The number of hydrogen-bond acceptors (Lipinski definition) is 6. The summed E-state index contributed by atoms with van der Waals surface area (Å²) in [6.45, 7) is 2.86. The summed E-state index contributed by atoms with van der Waals surface area (Å²) in [6, 6.07) is 0. The predicted octanol–water partition coefficient (Wildman–Crippen LogP) is -0.385. The Bertz CT molecular complexity index is 199. The number of carbonyl (C=O) groups excluding carboxylic acids is 2. The molecule has 0 saturated heterocycles. The molecule has 6 nitrogen and oxygen atoms in total. The molecule has 0 aromatic heterocycles. The van der Waals surface area contributed by atoms with Gasteiger partial charge in [0.25, 0.3) is 0 Å². The van der Waals surface area contributed by atoms with Gasteiger partial charge in [-0.2, -0.15) is 0 Å². The maximum Gasteiger partial charge on any atom is 0.308 e. The van der Waals surface area contributed by atoms with Crippen LogP contribution in [0.15, 0.2) is 0 Å². The molecule has 6 heteroatoms. The first-order chi connectivity index (χ1) is 7.41. The van der Waals surface area contributed by atoms with Crippen LogP contribution >= 0.6 is 0 Å². The molecule has 2 atom stereocenters. The van der Waals surface area contributed by atoms with Crippen molar-refractivity contribution in [2.24, 2.45) is 0 Å². The average molecular weight is 234 g/mol. The summed E-state index contributed by atoms with van der Waals surface area (Å²) in [4.78, 5) is 21.8. The fraction of sp³-hybridized carbons (Fsp3) is 0.800. The van der Waals surface area contributed by atoms with Crippen molar-refractivity contribution in [3.8, 4) is 0 Å². The highest BCUT2D eigenvalue weighted by molar-refractivity contribution is 5.70. The molecule has 94 valence electrons. The minimum atomic E-state index is -0.745. The summed E-state index contributed by atoms with van der Waals surface area (Å²) in [5.41, 5.74) is 0. The van der Waals surface area contributed by atoms with Crippen molar-refractivity contribution in [1.29, 1.82) is 0 Å². The molecule has 0 aliphatic carbocycles. The molecule has 0 aromatic rings. The zero-order valence-electron chi connectivity index (χ0n) is 9.51. The van der Waals surface area contributed by atoms with E-state index in [1.165, 1.54) is 13.8 Å². The van der Waals surface area contributed by atoms with E-state index in [4.69, 9.17) is 10.2 Å². The van der Waals surface area contributed by atoms with E-state index >= 15 is 0 Å². The summed E-state index contributed by atoms with van der Waals surface area (Å²) < 4.78 is 9.34. The molecule has 0 radical (unpaired) electrons. The molecular weight excluding hydrogens is 216 g/mol. The quantitative estimate of drug-likeness (QED) is 0.460. The first-order valence-electron chi connectivity index (χ1n) is 5.09. The van der Waals surface area contributed by atoms with Crippen molar-refractivity contribution in [2.75, 3.05) is 13.2 Å². The van der Waals surface area contributed by atoms with E-state index in [9.17, 15) is 9.59 Å².